The summed E-state index contributed by atoms with van der Waals surface area (Å²) in [6.45, 7) is 1.63. The molecule has 2 N–H and O–H groups in total. The van der Waals surface area contributed by atoms with E-state index in [-0.39, 0.29) is 5.91 Å². The number of nitrogens with one attached hydrogen (secondary N) is 2. The number of carbonyl (C=O) groups excluding carboxylic acids is 1. The lowest BCUT2D eigenvalue weighted by Crippen LogP contribution is -2.17. The summed E-state index contributed by atoms with van der Waals surface area (Å²) in [7, 11) is 0. The van der Waals surface area contributed by atoms with Gasteiger partial charge < -0.3 is 10.6 Å². The first-order valence-corrected chi connectivity index (χ1v) is 9.95. The molecule has 0 aromatic heterocycles. The normalized spacial score (nSPS) is 10.6. The summed E-state index contributed by atoms with van der Waals surface area (Å²) < 4.78 is 0. The molecule has 0 unspecified atom stereocenters. The molecular formula is C24H25ClN2O. The molecule has 0 bridgehead atoms. The van der Waals surface area contributed by atoms with E-state index in [4.69, 9.17) is 11.6 Å². The number of halogens is 1. The maximum Gasteiger partial charge on any atom is 0.224 e. The van der Waals surface area contributed by atoms with Crippen molar-refractivity contribution in [3.8, 4) is 0 Å². The van der Waals surface area contributed by atoms with Gasteiger partial charge in [0.2, 0.25) is 5.91 Å². The fourth-order valence-corrected chi connectivity index (χ4v) is 3.17. The lowest BCUT2D eigenvalue weighted by atomic mass is 10.1. The van der Waals surface area contributed by atoms with Crippen molar-refractivity contribution in [1.29, 1.82) is 0 Å². The summed E-state index contributed by atoms with van der Waals surface area (Å²) >= 11 is 6.26. The summed E-state index contributed by atoms with van der Waals surface area (Å²) in [4.78, 5) is 12.3. The molecule has 0 fully saturated rings. The molecule has 3 rings (SSSR count). The fourth-order valence-electron chi connectivity index (χ4n) is 3.00. The first-order chi connectivity index (χ1) is 13.7. The van der Waals surface area contributed by atoms with Gasteiger partial charge in [0.25, 0.3) is 0 Å². The predicted octanol–water partition coefficient (Wildman–Crippen LogP) is 5.24. The van der Waals surface area contributed by atoms with Gasteiger partial charge in [0.05, 0.1) is 10.7 Å². The monoisotopic (exact) mass is 392 g/mol. The first kappa shape index (κ1) is 20.1. The van der Waals surface area contributed by atoms with Crippen LogP contribution in [0.5, 0.6) is 0 Å². The van der Waals surface area contributed by atoms with E-state index in [1.165, 1.54) is 5.56 Å². The molecule has 0 aliphatic heterocycles. The molecule has 3 nitrogen and oxygen atoms in total. The number of anilines is 1. The smallest absolute Gasteiger partial charge is 0.224 e. The topological polar surface area (TPSA) is 41.1 Å². The Morgan fingerprint density at radius 3 is 2.11 bits per heavy atom. The van der Waals surface area contributed by atoms with E-state index in [2.05, 4.69) is 34.9 Å². The Morgan fingerprint density at radius 1 is 0.786 bits per heavy atom. The molecule has 0 radical (unpaired) electrons. The zero-order chi connectivity index (χ0) is 19.6. The van der Waals surface area contributed by atoms with Crippen molar-refractivity contribution < 1.29 is 4.79 Å². The summed E-state index contributed by atoms with van der Waals surface area (Å²) in [6, 6.07) is 26.2. The van der Waals surface area contributed by atoms with Crippen LogP contribution in [0.3, 0.4) is 0 Å². The highest BCUT2D eigenvalue weighted by atomic mass is 35.5. The number of hydrogen-bond acceptors (Lipinski definition) is 2. The van der Waals surface area contributed by atoms with Gasteiger partial charge in [-0.2, -0.15) is 0 Å². The van der Waals surface area contributed by atoms with E-state index in [0.29, 0.717) is 23.6 Å². The zero-order valence-corrected chi connectivity index (χ0v) is 16.6. The van der Waals surface area contributed by atoms with Crippen LogP contribution in [0.2, 0.25) is 5.02 Å². The van der Waals surface area contributed by atoms with Gasteiger partial charge in [0.15, 0.2) is 0 Å². The minimum Gasteiger partial charge on any atom is -0.325 e. The van der Waals surface area contributed by atoms with E-state index < -0.39 is 0 Å². The summed E-state index contributed by atoms with van der Waals surface area (Å²) in [5.74, 6) is -0.0278. The van der Waals surface area contributed by atoms with Gasteiger partial charge in [-0.15, -0.1) is 0 Å². The Hall–Kier alpha value is -2.62. The Labute approximate surface area is 171 Å². The van der Waals surface area contributed by atoms with Gasteiger partial charge in [0.1, 0.15) is 0 Å². The minimum absolute atomic E-state index is 0.0278. The molecule has 0 atom stereocenters. The van der Waals surface area contributed by atoms with E-state index in [9.17, 15) is 4.79 Å². The molecule has 28 heavy (non-hydrogen) atoms. The Bertz CT molecular complexity index is 882. The number of amides is 1. The van der Waals surface area contributed by atoms with Crippen molar-refractivity contribution in [2.75, 3.05) is 11.9 Å². The highest BCUT2D eigenvalue weighted by Gasteiger charge is 2.07. The number of rotatable bonds is 9. The van der Waals surface area contributed by atoms with Crippen LogP contribution in [0.4, 0.5) is 5.69 Å². The maximum atomic E-state index is 12.3. The lowest BCUT2D eigenvalue weighted by Gasteiger charge is -2.11. The third-order valence-corrected chi connectivity index (χ3v) is 4.88. The van der Waals surface area contributed by atoms with Gasteiger partial charge in [0, 0.05) is 13.0 Å². The summed E-state index contributed by atoms with van der Waals surface area (Å²) in [6.07, 6.45) is 2.13. The second-order valence-corrected chi connectivity index (χ2v) is 7.17. The van der Waals surface area contributed by atoms with Crippen LogP contribution in [0.1, 0.15) is 23.1 Å². The Kier molecular flexibility index (Phi) is 7.65. The average molecular weight is 393 g/mol. The molecule has 4 heteroatoms. The standard InChI is InChI=1S/C24H25ClN2O/c25-22-13-11-21(18-26-16-15-20-9-5-2-6-10-20)17-23(22)27-24(28)14-12-19-7-3-1-4-8-19/h1-11,13,17,26H,12,14-16,18H2,(H,27,28). The van der Waals surface area contributed by atoms with Crippen LogP contribution in [0, 0.1) is 0 Å². The highest BCUT2D eigenvalue weighted by Crippen LogP contribution is 2.23. The predicted molar refractivity (Wildman–Crippen MR) is 117 cm³/mol. The van der Waals surface area contributed by atoms with Gasteiger partial charge in [-0.3, -0.25) is 4.79 Å². The number of hydrogen-bond donors (Lipinski definition) is 2. The molecule has 0 saturated carbocycles. The highest BCUT2D eigenvalue weighted by molar-refractivity contribution is 6.33. The van der Waals surface area contributed by atoms with E-state index >= 15 is 0 Å². The lowest BCUT2D eigenvalue weighted by molar-refractivity contribution is -0.116. The Balaban J connectivity index is 1.47. The number of benzene rings is 3. The minimum atomic E-state index is -0.0278. The van der Waals surface area contributed by atoms with Gasteiger partial charge in [-0.1, -0.05) is 78.3 Å². The maximum absolute atomic E-state index is 12.3. The van der Waals surface area contributed by atoms with Crippen LogP contribution < -0.4 is 10.6 Å². The van der Waals surface area contributed by atoms with Crippen LogP contribution in [0.15, 0.2) is 78.9 Å². The van der Waals surface area contributed by atoms with Crippen molar-refractivity contribution in [3.63, 3.8) is 0 Å². The van der Waals surface area contributed by atoms with E-state index in [1.54, 1.807) is 0 Å². The van der Waals surface area contributed by atoms with Crippen LogP contribution in [0.25, 0.3) is 0 Å². The van der Waals surface area contributed by atoms with Crippen molar-refractivity contribution in [2.24, 2.45) is 0 Å². The van der Waals surface area contributed by atoms with Crippen molar-refractivity contribution in [3.05, 3.63) is 101 Å². The van der Waals surface area contributed by atoms with Crippen molar-refractivity contribution >= 4 is 23.2 Å². The molecule has 0 aliphatic carbocycles. The molecule has 144 valence electrons. The Morgan fingerprint density at radius 2 is 1.43 bits per heavy atom. The van der Waals surface area contributed by atoms with Crippen LogP contribution in [-0.2, 0) is 24.2 Å². The molecule has 3 aromatic rings. The SMILES string of the molecule is O=C(CCc1ccccc1)Nc1cc(CNCCc2ccccc2)ccc1Cl. The van der Waals surface area contributed by atoms with Crippen molar-refractivity contribution in [1.82, 2.24) is 5.32 Å². The fraction of sp³-hybridized carbons (Fsp3) is 0.208. The second-order valence-electron chi connectivity index (χ2n) is 6.76. The van der Waals surface area contributed by atoms with Gasteiger partial charge in [-0.05, 0) is 48.2 Å². The van der Waals surface area contributed by atoms with Gasteiger partial charge >= 0.3 is 0 Å². The molecule has 0 aliphatic rings. The van der Waals surface area contributed by atoms with E-state index in [0.717, 1.165) is 30.6 Å². The third-order valence-electron chi connectivity index (χ3n) is 4.55. The summed E-state index contributed by atoms with van der Waals surface area (Å²) in [5.41, 5.74) is 4.23. The number of aryl methyl sites for hydroxylation is 1. The summed E-state index contributed by atoms with van der Waals surface area (Å²) in [5, 5.41) is 6.94. The molecule has 0 heterocycles. The van der Waals surface area contributed by atoms with E-state index in [1.807, 2.05) is 54.6 Å². The largest absolute Gasteiger partial charge is 0.325 e. The molecule has 0 spiro atoms. The van der Waals surface area contributed by atoms with Crippen LogP contribution in [-0.4, -0.2) is 12.5 Å². The third kappa shape index (κ3) is 6.52. The second kappa shape index (κ2) is 10.6. The first-order valence-electron chi connectivity index (χ1n) is 9.57. The molecule has 0 saturated heterocycles. The average Bonchev–Trinajstić information content (AvgIpc) is 2.73. The van der Waals surface area contributed by atoms with Crippen LogP contribution >= 0.6 is 11.6 Å². The zero-order valence-electron chi connectivity index (χ0n) is 15.8. The molecule has 3 aromatic carbocycles. The van der Waals surface area contributed by atoms with Gasteiger partial charge in [-0.25, -0.2) is 0 Å². The number of carbonyl (C=O) groups is 1. The van der Waals surface area contributed by atoms with Crippen molar-refractivity contribution in [2.45, 2.75) is 25.8 Å². The molecule has 1 amide bonds. The molecular weight excluding hydrogens is 368 g/mol. The quantitative estimate of drug-likeness (QED) is 0.489.